The van der Waals surface area contributed by atoms with E-state index in [0.29, 0.717) is 37.5 Å². The number of nitrogens with one attached hydrogen (secondary N) is 1. The Bertz CT molecular complexity index is 829. The van der Waals surface area contributed by atoms with E-state index in [9.17, 15) is 4.79 Å². The summed E-state index contributed by atoms with van der Waals surface area (Å²) in [6.45, 7) is 0.470. The van der Waals surface area contributed by atoms with Crippen LogP contribution in [0.4, 0.5) is 0 Å². The first-order chi connectivity index (χ1) is 12.7. The molecule has 0 aliphatic rings. The summed E-state index contributed by atoms with van der Waals surface area (Å²) >= 11 is 0. The Morgan fingerprint density at radius 1 is 1.08 bits per heavy atom. The van der Waals surface area contributed by atoms with Crippen molar-refractivity contribution in [3.8, 4) is 17.1 Å². The van der Waals surface area contributed by atoms with E-state index in [1.807, 2.05) is 54.6 Å². The maximum atomic E-state index is 12.0. The van der Waals surface area contributed by atoms with Crippen molar-refractivity contribution in [1.29, 1.82) is 0 Å². The summed E-state index contributed by atoms with van der Waals surface area (Å²) in [4.78, 5) is 16.3. The zero-order chi connectivity index (χ0) is 18.2. The van der Waals surface area contributed by atoms with Crippen LogP contribution >= 0.6 is 0 Å². The van der Waals surface area contributed by atoms with Crippen LogP contribution in [0.2, 0.25) is 0 Å². The maximum absolute atomic E-state index is 12.0. The molecule has 3 rings (SSSR count). The highest BCUT2D eigenvalue weighted by atomic mass is 16.5. The average molecular weight is 351 g/mol. The minimum atomic E-state index is 0.00335. The van der Waals surface area contributed by atoms with E-state index in [1.165, 1.54) is 0 Å². The second-order valence-corrected chi connectivity index (χ2v) is 5.83. The molecule has 0 aliphatic heterocycles. The minimum Gasteiger partial charge on any atom is -0.497 e. The molecule has 0 spiro atoms. The lowest BCUT2D eigenvalue weighted by atomic mass is 10.1. The number of amides is 1. The number of benzene rings is 2. The molecule has 0 bridgehead atoms. The summed E-state index contributed by atoms with van der Waals surface area (Å²) in [7, 11) is 1.63. The molecule has 0 fully saturated rings. The number of carbonyl (C=O) groups excluding carboxylic acids is 1. The van der Waals surface area contributed by atoms with E-state index in [1.54, 1.807) is 7.11 Å². The van der Waals surface area contributed by atoms with Crippen molar-refractivity contribution in [1.82, 2.24) is 15.5 Å². The summed E-state index contributed by atoms with van der Waals surface area (Å²) in [5.41, 5.74) is 2.01. The lowest BCUT2D eigenvalue weighted by Crippen LogP contribution is -2.25. The van der Waals surface area contributed by atoms with Crippen molar-refractivity contribution in [3.05, 3.63) is 66.1 Å². The number of nitrogens with zero attached hydrogens (tertiary/aromatic N) is 2. The van der Waals surface area contributed by atoms with Gasteiger partial charge in [-0.1, -0.05) is 47.6 Å². The number of hydrogen-bond acceptors (Lipinski definition) is 5. The lowest BCUT2D eigenvalue weighted by Gasteiger charge is -2.05. The molecular formula is C20H21N3O3. The van der Waals surface area contributed by atoms with E-state index >= 15 is 0 Å². The number of aryl methyl sites for hydroxylation is 1. The molecule has 1 heterocycles. The fraction of sp³-hybridized carbons (Fsp3) is 0.250. The van der Waals surface area contributed by atoms with Crippen LogP contribution in [0, 0.1) is 0 Å². The van der Waals surface area contributed by atoms with Crippen LogP contribution in [-0.2, 0) is 17.6 Å². The van der Waals surface area contributed by atoms with Gasteiger partial charge in [-0.3, -0.25) is 4.79 Å². The molecule has 0 saturated carbocycles. The van der Waals surface area contributed by atoms with Crippen LogP contribution in [-0.4, -0.2) is 29.7 Å². The van der Waals surface area contributed by atoms with Crippen LogP contribution in [0.15, 0.2) is 59.1 Å². The first-order valence-electron chi connectivity index (χ1n) is 8.52. The second kappa shape index (κ2) is 8.80. The van der Waals surface area contributed by atoms with Crippen molar-refractivity contribution in [2.75, 3.05) is 13.7 Å². The molecule has 6 heteroatoms. The van der Waals surface area contributed by atoms with E-state index in [2.05, 4.69) is 15.5 Å². The van der Waals surface area contributed by atoms with Gasteiger partial charge in [0, 0.05) is 24.9 Å². The predicted molar refractivity (Wildman–Crippen MR) is 97.8 cm³/mol. The molecule has 6 nitrogen and oxygen atoms in total. The minimum absolute atomic E-state index is 0.00335. The molecule has 3 aromatic rings. The summed E-state index contributed by atoms with van der Waals surface area (Å²) in [5.74, 6) is 1.89. The number of ether oxygens (including phenoxy) is 1. The van der Waals surface area contributed by atoms with Crippen LogP contribution in [0.25, 0.3) is 11.4 Å². The van der Waals surface area contributed by atoms with Crippen molar-refractivity contribution in [3.63, 3.8) is 0 Å². The number of methoxy groups -OCH3 is 1. The fourth-order valence-electron chi connectivity index (χ4n) is 2.51. The Kier molecular flexibility index (Phi) is 5.98. The Hall–Kier alpha value is -3.15. The summed E-state index contributed by atoms with van der Waals surface area (Å²) < 4.78 is 10.3. The van der Waals surface area contributed by atoms with Crippen molar-refractivity contribution in [2.45, 2.75) is 19.3 Å². The second-order valence-electron chi connectivity index (χ2n) is 5.83. The SMILES string of the molecule is COc1ccc(CCC(=O)NCCc2nc(-c3ccccc3)no2)cc1. The maximum Gasteiger partial charge on any atom is 0.228 e. The van der Waals surface area contributed by atoms with Gasteiger partial charge in [0.15, 0.2) is 0 Å². The standard InChI is InChI=1S/C20H21N3O3/c1-25-17-10-7-15(8-11-17)9-12-18(24)21-14-13-19-22-20(23-26-19)16-5-3-2-4-6-16/h2-8,10-11H,9,12-14H2,1H3,(H,21,24). The third kappa shape index (κ3) is 4.92. The average Bonchev–Trinajstić information content (AvgIpc) is 3.16. The third-order valence-electron chi connectivity index (χ3n) is 3.96. The van der Waals surface area contributed by atoms with E-state index in [-0.39, 0.29) is 5.91 Å². The number of carbonyl (C=O) groups is 1. The molecular weight excluding hydrogens is 330 g/mol. The molecule has 2 aromatic carbocycles. The zero-order valence-electron chi connectivity index (χ0n) is 14.6. The van der Waals surface area contributed by atoms with Crippen molar-refractivity contribution >= 4 is 5.91 Å². The Morgan fingerprint density at radius 3 is 2.58 bits per heavy atom. The highest BCUT2D eigenvalue weighted by Gasteiger charge is 2.09. The van der Waals surface area contributed by atoms with Crippen LogP contribution in [0.5, 0.6) is 5.75 Å². The van der Waals surface area contributed by atoms with Gasteiger partial charge in [-0.15, -0.1) is 0 Å². The molecule has 134 valence electrons. The summed E-state index contributed by atoms with van der Waals surface area (Å²) in [5, 5.41) is 6.85. The zero-order valence-corrected chi connectivity index (χ0v) is 14.6. The highest BCUT2D eigenvalue weighted by Crippen LogP contribution is 2.15. The fourth-order valence-corrected chi connectivity index (χ4v) is 2.51. The lowest BCUT2D eigenvalue weighted by molar-refractivity contribution is -0.121. The van der Waals surface area contributed by atoms with Gasteiger partial charge < -0.3 is 14.6 Å². The molecule has 0 atom stereocenters. The van der Waals surface area contributed by atoms with Gasteiger partial charge in [0.1, 0.15) is 5.75 Å². The van der Waals surface area contributed by atoms with Crippen molar-refractivity contribution in [2.24, 2.45) is 0 Å². The van der Waals surface area contributed by atoms with Gasteiger partial charge in [0.2, 0.25) is 17.6 Å². The topological polar surface area (TPSA) is 77.2 Å². The van der Waals surface area contributed by atoms with E-state index < -0.39 is 0 Å². The number of hydrogen-bond donors (Lipinski definition) is 1. The Balaban J connectivity index is 1.40. The van der Waals surface area contributed by atoms with Gasteiger partial charge >= 0.3 is 0 Å². The first kappa shape index (κ1) is 17.7. The molecule has 1 aromatic heterocycles. The molecule has 1 amide bonds. The monoisotopic (exact) mass is 351 g/mol. The van der Waals surface area contributed by atoms with Crippen LogP contribution < -0.4 is 10.1 Å². The van der Waals surface area contributed by atoms with Gasteiger partial charge in [0.25, 0.3) is 0 Å². The molecule has 0 aliphatic carbocycles. The van der Waals surface area contributed by atoms with Crippen LogP contribution in [0.3, 0.4) is 0 Å². The third-order valence-corrected chi connectivity index (χ3v) is 3.96. The van der Waals surface area contributed by atoms with Crippen LogP contribution in [0.1, 0.15) is 17.9 Å². The Morgan fingerprint density at radius 2 is 1.85 bits per heavy atom. The highest BCUT2D eigenvalue weighted by molar-refractivity contribution is 5.76. The molecule has 0 radical (unpaired) electrons. The number of rotatable bonds is 8. The largest absolute Gasteiger partial charge is 0.497 e. The first-order valence-corrected chi connectivity index (χ1v) is 8.52. The predicted octanol–water partition coefficient (Wildman–Crippen LogP) is 3.04. The van der Waals surface area contributed by atoms with Gasteiger partial charge in [-0.25, -0.2) is 0 Å². The molecule has 26 heavy (non-hydrogen) atoms. The quantitative estimate of drug-likeness (QED) is 0.675. The van der Waals surface area contributed by atoms with E-state index in [0.717, 1.165) is 16.9 Å². The van der Waals surface area contributed by atoms with Gasteiger partial charge in [0.05, 0.1) is 7.11 Å². The van der Waals surface area contributed by atoms with Gasteiger partial charge in [-0.2, -0.15) is 4.98 Å². The molecule has 0 unspecified atom stereocenters. The van der Waals surface area contributed by atoms with E-state index in [4.69, 9.17) is 9.26 Å². The Labute approximate surface area is 152 Å². The van der Waals surface area contributed by atoms with Crippen molar-refractivity contribution < 1.29 is 14.1 Å². The summed E-state index contributed by atoms with van der Waals surface area (Å²) in [6, 6.07) is 17.4. The molecule has 0 saturated heterocycles. The smallest absolute Gasteiger partial charge is 0.228 e. The molecule has 1 N–H and O–H groups in total. The van der Waals surface area contributed by atoms with Gasteiger partial charge in [-0.05, 0) is 24.1 Å². The normalized spacial score (nSPS) is 10.5. The summed E-state index contributed by atoms with van der Waals surface area (Å²) in [6.07, 6.45) is 1.63. The number of aromatic nitrogens is 2.